The Morgan fingerprint density at radius 2 is 1.67 bits per heavy atom. The molecule has 2 aliphatic rings. The minimum Gasteiger partial charge on any atom is -0.356 e. The fourth-order valence-electron chi connectivity index (χ4n) is 4.65. The van der Waals surface area contributed by atoms with Gasteiger partial charge in [0.25, 0.3) is 17.5 Å². The number of non-ortho nitro benzene ring substituents is 1. The van der Waals surface area contributed by atoms with Crippen LogP contribution in [-0.2, 0) is 20.8 Å². The van der Waals surface area contributed by atoms with Crippen LogP contribution in [0.15, 0.2) is 72.4 Å². The number of aryl methyl sites for hydroxylation is 1. The van der Waals surface area contributed by atoms with Crippen molar-refractivity contribution in [2.75, 3.05) is 17.2 Å². The Kier molecular flexibility index (Phi) is 7.78. The summed E-state index contributed by atoms with van der Waals surface area (Å²) in [4.78, 5) is 58.6. The van der Waals surface area contributed by atoms with Gasteiger partial charge in [-0.2, -0.15) is 0 Å². The van der Waals surface area contributed by atoms with Crippen LogP contribution in [0.2, 0.25) is 0 Å². The van der Waals surface area contributed by atoms with E-state index in [1.54, 1.807) is 24.3 Å². The Bertz CT molecular complexity index is 1680. The third-order valence-electron chi connectivity index (χ3n) is 6.68. The predicted octanol–water partition coefficient (Wildman–Crippen LogP) is 3.78. The van der Waals surface area contributed by atoms with E-state index in [1.165, 1.54) is 31.2 Å². The third kappa shape index (κ3) is 6.17. The van der Waals surface area contributed by atoms with E-state index in [2.05, 4.69) is 26.6 Å². The topological polar surface area (TPSA) is 172 Å². The second-order valence-electron chi connectivity index (χ2n) is 9.69. The molecule has 212 valence electrons. The highest BCUT2D eigenvalue weighted by atomic mass is 16.6. The molecule has 42 heavy (non-hydrogen) atoms. The highest BCUT2D eigenvalue weighted by Gasteiger charge is 2.30. The fraction of sp³-hybridized carbons (Fsp3) is 0.133. The number of hydrogen-bond donors (Lipinski definition) is 5. The molecule has 0 bridgehead atoms. The van der Waals surface area contributed by atoms with Gasteiger partial charge in [0.15, 0.2) is 0 Å². The average Bonchev–Trinajstić information content (AvgIpc) is 3.46. The van der Waals surface area contributed by atoms with Crippen molar-refractivity contribution in [1.82, 2.24) is 16.0 Å². The number of hydrogen-bond acceptors (Lipinski definition) is 7. The Morgan fingerprint density at radius 3 is 2.31 bits per heavy atom. The van der Waals surface area contributed by atoms with Crippen LogP contribution in [0.4, 0.5) is 21.9 Å². The maximum atomic E-state index is 13.2. The number of rotatable bonds is 9. The molecular formula is C30H26N6O6. The average molecular weight is 567 g/mol. The van der Waals surface area contributed by atoms with Crippen molar-refractivity contribution >= 4 is 58.2 Å². The number of imide groups is 1. The Hall–Kier alpha value is -5.78. The van der Waals surface area contributed by atoms with Crippen LogP contribution in [0, 0.1) is 10.1 Å². The van der Waals surface area contributed by atoms with Crippen molar-refractivity contribution in [3.05, 3.63) is 105 Å². The lowest BCUT2D eigenvalue weighted by Gasteiger charge is -2.16. The van der Waals surface area contributed by atoms with Gasteiger partial charge in [0.2, 0.25) is 5.91 Å². The van der Waals surface area contributed by atoms with Gasteiger partial charge in [0, 0.05) is 42.5 Å². The summed E-state index contributed by atoms with van der Waals surface area (Å²) in [7, 11) is 0. The zero-order valence-electron chi connectivity index (χ0n) is 22.4. The normalized spacial score (nSPS) is 15.9. The number of benzene rings is 3. The molecule has 0 aromatic heterocycles. The molecule has 2 heterocycles. The van der Waals surface area contributed by atoms with Gasteiger partial charge in [0.05, 0.1) is 16.2 Å². The molecule has 0 spiro atoms. The molecule has 3 aromatic rings. The van der Waals surface area contributed by atoms with Crippen molar-refractivity contribution in [2.24, 2.45) is 0 Å². The molecule has 3 aromatic carbocycles. The number of anilines is 2. The molecule has 0 atom stereocenters. The summed E-state index contributed by atoms with van der Waals surface area (Å²) in [6, 6.07) is 18.2. The van der Waals surface area contributed by atoms with Gasteiger partial charge in [-0.1, -0.05) is 36.4 Å². The number of amides is 5. The van der Waals surface area contributed by atoms with E-state index in [0.717, 1.165) is 18.4 Å². The van der Waals surface area contributed by atoms with E-state index >= 15 is 0 Å². The zero-order valence-corrected chi connectivity index (χ0v) is 22.4. The van der Waals surface area contributed by atoms with Crippen LogP contribution >= 0.6 is 0 Å². The molecule has 5 rings (SSSR count). The molecule has 1 fully saturated rings. The fourth-order valence-corrected chi connectivity index (χ4v) is 4.65. The van der Waals surface area contributed by atoms with Crippen molar-refractivity contribution in [1.29, 1.82) is 0 Å². The molecule has 1 saturated heterocycles. The quantitative estimate of drug-likeness (QED) is 0.0862. The number of carbonyl (C=O) groups is 4. The first-order valence-corrected chi connectivity index (χ1v) is 13.1. The van der Waals surface area contributed by atoms with Crippen molar-refractivity contribution in [3.8, 4) is 0 Å². The first-order chi connectivity index (χ1) is 20.2. The van der Waals surface area contributed by atoms with Gasteiger partial charge in [-0.05, 0) is 53.8 Å². The first-order valence-electron chi connectivity index (χ1n) is 13.1. The molecule has 12 heteroatoms. The summed E-state index contributed by atoms with van der Waals surface area (Å²) in [6.07, 6.45) is 3.04. The van der Waals surface area contributed by atoms with E-state index in [4.69, 9.17) is 0 Å². The number of urea groups is 1. The number of carbonyl (C=O) groups excluding carboxylic acids is 4. The highest BCUT2D eigenvalue weighted by Crippen LogP contribution is 2.39. The Balaban J connectivity index is 1.49. The second-order valence-corrected chi connectivity index (χ2v) is 9.69. The lowest BCUT2D eigenvalue weighted by atomic mass is 9.98. The first kappa shape index (κ1) is 27.8. The summed E-state index contributed by atoms with van der Waals surface area (Å²) < 4.78 is 0. The van der Waals surface area contributed by atoms with Crippen LogP contribution in [-0.4, -0.2) is 35.2 Å². The Labute approximate surface area is 240 Å². The zero-order chi connectivity index (χ0) is 29.8. The number of nitro benzene ring substituents is 1. The second kappa shape index (κ2) is 11.8. The Morgan fingerprint density at radius 1 is 0.929 bits per heavy atom. The van der Waals surface area contributed by atoms with Gasteiger partial charge in [0.1, 0.15) is 5.70 Å². The minimum atomic E-state index is -0.588. The number of nitrogens with zero attached hydrogens (tertiary/aromatic N) is 1. The van der Waals surface area contributed by atoms with Gasteiger partial charge >= 0.3 is 6.03 Å². The molecule has 12 nitrogen and oxygen atoms in total. The molecule has 5 N–H and O–H groups in total. The smallest absolute Gasteiger partial charge is 0.326 e. The highest BCUT2D eigenvalue weighted by molar-refractivity contribution is 6.37. The van der Waals surface area contributed by atoms with Crippen molar-refractivity contribution in [2.45, 2.75) is 19.8 Å². The standard InChI is InChI=1S/C30H26N6O6/c1-17(37)31-14-2-3-18-4-8-20(9-5-18)27(26-23-16-22(36(41)42)12-13-24(23)33-29(26)39)32-21-10-6-19(7-11-21)15-25-28(38)35-30(40)34-25/h4-13,15-16,32H,2-3,14H2,1H3,(H,31,37)(H,33,39)(H2,34,35,38,40)/b25-15-,27-26?. The molecule has 5 amide bonds. The predicted molar refractivity (Wildman–Crippen MR) is 157 cm³/mol. The third-order valence-corrected chi connectivity index (χ3v) is 6.68. The SMILES string of the molecule is CC(=O)NCCCc1ccc(C(Nc2ccc(/C=C3\NC(=O)NC3=O)cc2)=C2C(=O)Nc3ccc([N+](=O)[O-])cc32)cc1. The monoisotopic (exact) mass is 566 g/mol. The van der Waals surface area contributed by atoms with Crippen LogP contribution in [0.3, 0.4) is 0 Å². The number of fused-ring (bicyclic) bond motifs is 1. The lowest BCUT2D eigenvalue weighted by molar-refractivity contribution is -0.384. The van der Waals surface area contributed by atoms with E-state index in [1.807, 2.05) is 24.3 Å². The summed E-state index contributed by atoms with van der Waals surface area (Å²) >= 11 is 0. The summed E-state index contributed by atoms with van der Waals surface area (Å²) in [5, 5.41) is 24.9. The van der Waals surface area contributed by atoms with Gasteiger partial charge in [-0.3, -0.25) is 29.8 Å². The lowest BCUT2D eigenvalue weighted by Crippen LogP contribution is -2.22. The van der Waals surface area contributed by atoms with Crippen LogP contribution in [0.1, 0.15) is 35.6 Å². The maximum absolute atomic E-state index is 13.2. The van der Waals surface area contributed by atoms with E-state index in [-0.39, 0.29) is 22.9 Å². The van der Waals surface area contributed by atoms with E-state index in [0.29, 0.717) is 40.3 Å². The molecule has 0 unspecified atom stereocenters. The van der Waals surface area contributed by atoms with E-state index in [9.17, 15) is 29.3 Å². The summed E-state index contributed by atoms with van der Waals surface area (Å²) in [5.74, 6) is -1.01. The van der Waals surface area contributed by atoms with E-state index < -0.39 is 22.8 Å². The van der Waals surface area contributed by atoms with Gasteiger partial charge in [-0.25, -0.2) is 4.79 Å². The molecule has 2 aliphatic heterocycles. The largest absolute Gasteiger partial charge is 0.356 e. The summed E-state index contributed by atoms with van der Waals surface area (Å²) in [5.41, 5.74) is 4.56. The van der Waals surface area contributed by atoms with Gasteiger partial charge < -0.3 is 21.3 Å². The molecule has 0 saturated carbocycles. The summed E-state index contributed by atoms with van der Waals surface area (Å²) in [6.45, 7) is 2.04. The molecule has 0 radical (unpaired) electrons. The van der Waals surface area contributed by atoms with Gasteiger partial charge in [-0.15, -0.1) is 0 Å². The minimum absolute atomic E-state index is 0.0801. The van der Waals surface area contributed by atoms with Crippen LogP contribution in [0.5, 0.6) is 0 Å². The maximum Gasteiger partial charge on any atom is 0.326 e. The van der Waals surface area contributed by atoms with Crippen molar-refractivity contribution in [3.63, 3.8) is 0 Å². The number of nitro groups is 1. The van der Waals surface area contributed by atoms with Crippen LogP contribution in [0.25, 0.3) is 17.3 Å². The molecular weight excluding hydrogens is 540 g/mol. The molecule has 0 aliphatic carbocycles. The van der Waals surface area contributed by atoms with Crippen LogP contribution < -0.4 is 26.6 Å². The number of nitrogens with one attached hydrogen (secondary N) is 5. The van der Waals surface area contributed by atoms with Crippen molar-refractivity contribution < 1.29 is 24.1 Å².